The van der Waals surface area contributed by atoms with Crippen molar-refractivity contribution in [3.63, 3.8) is 0 Å². The number of carbonyl (C=O) groups is 3. The number of anilines is 2. The van der Waals surface area contributed by atoms with Gasteiger partial charge in [-0.15, -0.1) is 11.3 Å². The van der Waals surface area contributed by atoms with E-state index < -0.39 is 23.4 Å². The predicted octanol–water partition coefficient (Wildman–Crippen LogP) is 3.56. The Labute approximate surface area is 168 Å². The smallest absolute Gasteiger partial charge is 0.348 e. The number of ether oxygens (including phenoxy) is 1. The van der Waals surface area contributed by atoms with Gasteiger partial charge in [0.15, 0.2) is 6.61 Å². The summed E-state index contributed by atoms with van der Waals surface area (Å²) in [4.78, 5) is 45.9. The third kappa shape index (κ3) is 5.14. The van der Waals surface area contributed by atoms with E-state index in [1.54, 1.807) is 30.3 Å². The van der Waals surface area contributed by atoms with Gasteiger partial charge in [0.05, 0.1) is 4.92 Å². The second kappa shape index (κ2) is 8.48. The maximum absolute atomic E-state index is 12.2. The Bertz CT molecular complexity index is 1120. The first-order valence-electron chi connectivity index (χ1n) is 8.34. The number of rotatable bonds is 6. The summed E-state index contributed by atoms with van der Waals surface area (Å²) < 4.78 is 5.72. The Hall–Kier alpha value is -3.79. The Balaban J connectivity index is 1.60. The lowest BCUT2D eigenvalue weighted by Gasteiger charge is -2.08. The van der Waals surface area contributed by atoms with Crippen LogP contribution >= 0.6 is 11.3 Å². The number of non-ortho nitro benzene ring substituents is 1. The van der Waals surface area contributed by atoms with E-state index in [0.717, 1.165) is 11.3 Å². The van der Waals surface area contributed by atoms with Crippen molar-refractivity contribution in [3.05, 3.63) is 63.5 Å². The van der Waals surface area contributed by atoms with Gasteiger partial charge in [-0.1, -0.05) is 6.07 Å². The first-order chi connectivity index (χ1) is 13.8. The number of hydrogen-bond donors (Lipinski definition) is 2. The standard InChI is InChI=1S/C19H15N3O6S/c1-11(23)20-13-3-2-4-14(9-13)21-18(24)10-28-19(25)17-8-12-7-15(22(26)27)5-6-16(12)29-17/h2-9H,10H2,1H3,(H,20,23)(H,21,24). The SMILES string of the molecule is CC(=O)Nc1cccc(NC(=O)COC(=O)c2cc3cc([N+](=O)[O-])ccc3s2)c1. The van der Waals surface area contributed by atoms with Crippen LogP contribution in [0.4, 0.5) is 17.1 Å². The average molecular weight is 413 g/mol. The summed E-state index contributed by atoms with van der Waals surface area (Å²) in [5.74, 6) is -1.48. The number of thiophene rings is 1. The summed E-state index contributed by atoms with van der Waals surface area (Å²) in [5.41, 5.74) is 0.884. The fraction of sp³-hybridized carbons (Fsp3) is 0.105. The van der Waals surface area contributed by atoms with Crippen molar-refractivity contribution < 1.29 is 24.0 Å². The van der Waals surface area contributed by atoms with E-state index in [4.69, 9.17) is 4.74 Å². The number of nitro groups is 1. The van der Waals surface area contributed by atoms with Crippen LogP contribution in [-0.2, 0) is 14.3 Å². The molecule has 148 valence electrons. The van der Waals surface area contributed by atoms with Gasteiger partial charge >= 0.3 is 5.97 Å². The van der Waals surface area contributed by atoms with Crippen LogP contribution in [-0.4, -0.2) is 29.3 Å². The van der Waals surface area contributed by atoms with Gasteiger partial charge in [-0.2, -0.15) is 0 Å². The molecule has 9 nitrogen and oxygen atoms in total. The Morgan fingerprint density at radius 2 is 1.79 bits per heavy atom. The molecule has 0 bridgehead atoms. The Morgan fingerprint density at radius 1 is 1.07 bits per heavy atom. The zero-order chi connectivity index (χ0) is 21.0. The van der Waals surface area contributed by atoms with Crippen LogP contribution in [0, 0.1) is 10.1 Å². The lowest BCUT2D eigenvalue weighted by atomic mass is 10.2. The van der Waals surface area contributed by atoms with E-state index >= 15 is 0 Å². The van der Waals surface area contributed by atoms with E-state index in [-0.39, 0.29) is 16.5 Å². The number of nitrogens with one attached hydrogen (secondary N) is 2. The maximum atomic E-state index is 12.2. The van der Waals surface area contributed by atoms with Gasteiger partial charge in [0.1, 0.15) is 4.88 Å². The Morgan fingerprint density at radius 3 is 2.48 bits per heavy atom. The quantitative estimate of drug-likeness (QED) is 0.361. The minimum absolute atomic E-state index is 0.0731. The highest BCUT2D eigenvalue weighted by Crippen LogP contribution is 2.29. The largest absolute Gasteiger partial charge is 0.451 e. The first-order valence-corrected chi connectivity index (χ1v) is 9.16. The summed E-state index contributed by atoms with van der Waals surface area (Å²) in [5, 5.41) is 16.6. The molecule has 0 saturated heterocycles. The van der Waals surface area contributed by atoms with Crippen molar-refractivity contribution in [3.8, 4) is 0 Å². The molecule has 0 unspecified atom stereocenters. The normalized spacial score (nSPS) is 10.4. The molecule has 1 heterocycles. The number of benzene rings is 2. The number of carbonyl (C=O) groups excluding carboxylic acids is 3. The molecule has 10 heteroatoms. The zero-order valence-electron chi connectivity index (χ0n) is 15.1. The van der Waals surface area contributed by atoms with Crippen molar-refractivity contribution in [2.24, 2.45) is 0 Å². The van der Waals surface area contributed by atoms with E-state index in [2.05, 4.69) is 10.6 Å². The number of esters is 1. The van der Waals surface area contributed by atoms with Gasteiger partial charge in [0, 0.05) is 40.5 Å². The van der Waals surface area contributed by atoms with Crippen molar-refractivity contribution >= 4 is 56.3 Å². The number of hydrogen-bond acceptors (Lipinski definition) is 7. The van der Waals surface area contributed by atoms with Gasteiger partial charge in [0.2, 0.25) is 5.91 Å². The topological polar surface area (TPSA) is 128 Å². The molecule has 2 aromatic carbocycles. The molecule has 0 aliphatic heterocycles. The number of fused-ring (bicyclic) bond motifs is 1. The molecule has 2 amide bonds. The van der Waals surface area contributed by atoms with Crippen LogP contribution in [0.5, 0.6) is 0 Å². The summed E-state index contributed by atoms with van der Waals surface area (Å²) in [6, 6.07) is 12.3. The van der Waals surface area contributed by atoms with Crippen molar-refractivity contribution in [2.45, 2.75) is 6.92 Å². The number of amides is 2. The highest BCUT2D eigenvalue weighted by atomic mass is 32.1. The minimum Gasteiger partial charge on any atom is -0.451 e. The molecule has 0 fully saturated rings. The molecule has 1 aromatic heterocycles. The molecule has 2 N–H and O–H groups in total. The lowest BCUT2D eigenvalue weighted by Crippen LogP contribution is -2.20. The summed E-state index contributed by atoms with van der Waals surface area (Å²) >= 11 is 1.12. The van der Waals surface area contributed by atoms with Crippen LogP contribution < -0.4 is 10.6 Å². The molecule has 0 aliphatic rings. The molecule has 0 radical (unpaired) electrons. The lowest BCUT2D eigenvalue weighted by molar-refractivity contribution is -0.384. The third-order valence-electron chi connectivity index (χ3n) is 3.71. The van der Waals surface area contributed by atoms with Crippen LogP contribution in [0.25, 0.3) is 10.1 Å². The van der Waals surface area contributed by atoms with E-state index in [9.17, 15) is 24.5 Å². The van der Waals surface area contributed by atoms with Crippen molar-refractivity contribution in [2.75, 3.05) is 17.2 Å². The van der Waals surface area contributed by atoms with Gasteiger partial charge in [-0.3, -0.25) is 19.7 Å². The van der Waals surface area contributed by atoms with Crippen LogP contribution in [0.15, 0.2) is 48.5 Å². The summed E-state index contributed by atoms with van der Waals surface area (Å²) in [6.07, 6.45) is 0. The van der Waals surface area contributed by atoms with Crippen LogP contribution in [0.2, 0.25) is 0 Å². The molecular formula is C19H15N3O6S. The highest BCUT2D eigenvalue weighted by molar-refractivity contribution is 7.20. The molecule has 29 heavy (non-hydrogen) atoms. The summed E-state index contributed by atoms with van der Waals surface area (Å²) in [7, 11) is 0. The van der Waals surface area contributed by atoms with E-state index in [0.29, 0.717) is 21.5 Å². The molecule has 0 saturated carbocycles. The van der Waals surface area contributed by atoms with E-state index in [1.807, 2.05) is 0 Å². The van der Waals surface area contributed by atoms with Gasteiger partial charge in [0.25, 0.3) is 11.6 Å². The molecular weight excluding hydrogens is 398 g/mol. The van der Waals surface area contributed by atoms with Gasteiger partial charge in [-0.05, 0) is 30.3 Å². The van der Waals surface area contributed by atoms with Gasteiger partial charge in [-0.25, -0.2) is 4.79 Å². The second-order valence-electron chi connectivity index (χ2n) is 5.98. The molecule has 0 atom stereocenters. The molecule has 0 aliphatic carbocycles. The van der Waals surface area contributed by atoms with Crippen molar-refractivity contribution in [1.82, 2.24) is 0 Å². The Kier molecular flexibility index (Phi) is 5.84. The van der Waals surface area contributed by atoms with E-state index in [1.165, 1.54) is 25.1 Å². The zero-order valence-corrected chi connectivity index (χ0v) is 15.9. The fourth-order valence-electron chi connectivity index (χ4n) is 2.52. The number of nitrogens with zero attached hydrogens (tertiary/aromatic N) is 1. The second-order valence-corrected chi connectivity index (χ2v) is 7.06. The van der Waals surface area contributed by atoms with Gasteiger partial charge < -0.3 is 15.4 Å². The monoisotopic (exact) mass is 413 g/mol. The average Bonchev–Trinajstić information content (AvgIpc) is 3.09. The summed E-state index contributed by atoms with van der Waals surface area (Å²) in [6.45, 7) is 0.870. The predicted molar refractivity (Wildman–Crippen MR) is 108 cm³/mol. The third-order valence-corrected chi connectivity index (χ3v) is 4.81. The molecule has 3 aromatic rings. The minimum atomic E-state index is -0.698. The maximum Gasteiger partial charge on any atom is 0.348 e. The first kappa shape index (κ1) is 20.0. The van der Waals surface area contributed by atoms with Crippen molar-refractivity contribution in [1.29, 1.82) is 0 Å². The highest BCUT2D eigenvalue weighted by Gasteiger charge is 2.16. The fourth-order valence-corrected chi connectivity index (χ4v) is 3.46. The molecule has 3 rings (SSSR count). The van der Waals surface area contributed by atoms with Crippen LogP contribution in [0.3, 0.4) is 0 Å². The molecule has 0 spiro atoms. The number of nitro benzene ring substituents is 1. The van der Waals surface area contributed by atoms with Crippen LogP contribution in [0.1, 0.15) is 16.6 Å².